The number of hydrogen-bond donors (Lipinski definition) is 1. The largest absolute Gasteiger partial charge is 0.377 e. The molecule has 0 aliphatic rings. The summed E-state index contributed by atoms with van der Waals surface area (Å²) in [6, 6.07) is 0. The second-order valence-corrected chi connectivity index (χ2v) is 2.85. The van der Waals surface area contributed by atoms with E-state index < -0.39 is 6.29 Å². The maximum atomic E-state index is 9.12. The lowest BCUT2D eigenvalue weighted by molar-refractivity contribution is -0.137. The van der Waals surface area contributed by atoms with Crippen LogP contribution in [0.4, 0.5) is 0 Å². The second-order valence-electron chi connectivity index (χ2n) is 2.85. The number of rotatable bonds is 11. The van der Waals surface area contributed by atoms with Crippen molar-refractivity contribution < 1.29 is 24.1 Å². The molecule has 5 heteroatoms. The summed E-state index contributed by atoms with van der Waals surface area (Å²) in [6.07, 6.45) is 4.13. The molecule has 0 spiro atoms. The molecule has 0 bridgehead atoms. The van der Waals surface area contributed by atoms with Gasteiger partial charge in [-0.3, -0.25) is 0 Å². The van der Waals surface area contributed by atoms with Crippen LogP contribution in [0.1, 0.15) is 6.92 Å². The molecular formula is C11H20O5. The Morgan fingerprint density at radius 2 is 1.75 bits per heavy atom. The molecule has 1 N–H and O–H groups in total. The Kier molecular flexibility index (Phi) is 11.9. The van der Waals surface area contributed by atoms with Crippen molar-refractivity contribution in [3.8, 4) is 12.3 Å². The van der Waals surface area contributed by atoms with Gasteiger partial charge in [-0.15, -0.1) is 6.42 Å². The Labute approximate surface area is 96.6 Å². The zero-order chi connectivity index (χ0) is 12.1. The summed E-state index contributed by atoms with van der Waals surface area (Å²) in [5.74, 6) is 2.36. The van der Waals surface area contributed by atoms with E-state index in [4.69, 9.17) is 30.5 Å². The van der Waals surface area contributed by atoms with E-state index in [0.717, 1.165) is 0 Å². The highest BCUT2D eigenvalue weighted by Crippen LogP contribution is 1.88. The summed E-state index contributed by atoms with van der Waals surface area (Å²) in [6.45, 7) is 4.57. The van der Waals surface area contributed by atoms with Crippen LogP contribution in [0.5, 0.6) is 0 Å². The molecule has 94 valence electrons. The van der Waals surface area contributed by atoms with E-state index in [1.54, 1.807) is 0 Å². The quantitative estimate of drug-likeness (QED) is 0.309. The summed E-state index contributed by atoms with van der Waals surface area (Å²) in [7, 11) is 0. The molecule has 0 aliphatic carbocycles. The first-order chi connectivity index (χ1) is 7.81. The average molecular weight is 232 g/mol. The van der Waals surface area contributed by atoms with Gasteiger partial charge >= 0.3 is 0 Å². The molecule has 0 saturated carbocycles. The van der Waals surface area contributed by atoms with Crippen LogP contribution in [0.2, 0.25) is 0 Å². The van der Waals surface area contributed by atoms with Gasteiger partial charge in [-0.25, -0.2) is 0 Å². The maximum Gasteiger partial charge on any atom is 0.178 e. The minimum absolute atomic E-state index is 0.158. The van der Waals surface area contributed by atoms with E-state index in [1.165, 1.54) is 0 Å². The van der Waals surface area contributed by atoms with Crippen LogP contribution in [-0.4, -0.2) is 57.6 Å². The normalized spacial score (nSPS) is 12.3. The number of aliphatic hydroxyl groups excluding tert-OH is 1. The fraction of sp³-hybridized carbons (Fsp3) is 0.818. The SMILES string of the molecule is C#CCOCCOCCOCC(O)OCC. The number of ether oxygens (including phenoxy) is 4. The monoisotopic (exact) mass is 232 g/mol. The third kappa shape index (κ3) is 11.4. The molecule has 0 aliphatic heterocycles. The lowest BCUT2D eigenvalue weighted by atomic mass is 10.6. The molecule has 0 aromatic heterocycles. The second kappa shape index (κ2) is 12.4. The van der Waals surface area contributed by atoms with Gasteiger partial charge in [-0.05, 0) is 6.92 Å². The van der Waals surface area contributed by atoms with Gasteiger partial charge in [0.05, 0.1) is 33.0 Å². The lowest BCUT2D eigenvalue weighted by Crippen LogP contribution is -2.20. The van der Waals surface area contributed by atoms with Crippen LogP contribution in [0.15, 0.2) is 0 Å². The smallest absolute Gasteiger partial charge is 0.178 e. The van der Waals surface area contributed by atoms with Crippen LogP contribution in [-0.2, 0) is 18.9 Å². The fourth-order valence-corrected chi connectivity index (χ4v) is 0.894. The topological polar surface area (TPSA) is 57.2 Å². The molecule has 16 heavy (non-hydrogen) atoms. The van der Waals surface area contributed by atoms with Crippen LogP contribution in [0.3, 0.4) is 0 Å². The van der Waals surface area contributed by atoms with E-state index >= 15 is 0 Å². The van der Waals surface area contributed by atoms with Crippen LogP contribution >= 0.6 is 0 Å². The predicted molar refractivity (Wildman–Crippen MR) is 58.9 cm³/mol. The highest BCUT2D eigenvalue weighted by atomic mass is 16.6. The zero-order valence-electron chi connectivity index (χ0n) is 9.68. The molecule has 0 heterocycles. The van der Waals surface area contributed by atoms with Gasteiger partial charge in [-0.2, -0.15) is 0 Å². The van der Waals surface area contributed by atoms with Crippen molar-refractivity contribution in [2.45, 2.75) is 13.2 Å². The Hall–Kier alpha value is -0.640. The first-order valence-corrected chi connectivity index (χ1v) is 5.27. The third-order valence-corrected chi connectivity index (χ3v) is 1.55. The minimum atomic E-state index is -0.857. The molecule has 0 amide bonds. The number of hydrogen-bond acceptors (Lipinski definition) is 5. The Bertz CT molecular complexity index is 178. The summed E-state index contributed by atoms with van der Waals surface area (Å²) < 4.78 is 20.1. The van der Waals surface area contributed by atoms with Crippen molar-refractivity contribution in [2.24, 2.45) is 0 Å². The Morgan fingerprint density at radius 3 is 2.38 bits per heavy atom. The average Bonchev–Trinajstić information content (AvgIpc) is 2.27. The Morgan fingerprint density at radius 1 is 1.12 bits per heavy atom. The molecule has 0 saturated heterocycles. The molecule has 0 rings (SSSR count). The van der Waals surface area contributed by atoms with Crippen molar-refractivity contribution in [3.63, 3.8) is 0 Å². The summed E-state index contributed by atoms with van der Waals surface area (Å²) >= 11 is 0. The highest BCUT2D eigenvalue weighted by Gasteiger charge is 2.01. The van der Waals surface area contributed by atoms with Gasteiger partial charge in [0.15, 0.2) is 6.29 Å². The third-order valence-electron chi connectivity index (χ3n) is 1.55. The molecule has 0 radical (unpaired) electrons. The van der Waals surface area contributed by atoms with Crippen molar-refractivity contribution in [2.75, 3.05) is 46.2 Å². The minimum Gasteiger partial charge on any atom is -0.377 e. The van der Waals surface area contributed by atoms with E-state index in [0.29, 0.717) is 39.6 Å². The van der Waals surface area contributed by atoms with Gasteiger partial charge in [0.25, 0.3) is 0 Å². The van der Waals surface area contributed by atoms with E-state index in [1.807, 2.05) is 6.92 Å². The Balaban J connectivity index is 3.01. The first-order valence-electron chi connectivity index (χ1n) is 5.27. The van der Waals surface area contributed by atoms with Crippen LogP contribution in [0, 0.1) is 12.3 Å². The maximum absolute atomic E-state index is 9.12. The van der Waals surface area contributed by atoms with Gasteiger partial charge in [0, 0.05) is 6.61 Å². The van der Waals surface area contributed by atoms with E-state index in [9.17, 15) is 0 Å². The van der Waals surface area contributed by atoms with Gasteiger partial charge < -0.3 is 24.1 Å². The lowest BCUT2D eigenvalue weighted by Gasteiger charge is -2.10. The first kappa shape index (κ1) is 15.4. The summed E-state index contributed by atoms with van der Waals surface area (Å²) in [5, 5.41) is 9.12. The van der Waals surface area contributed by atoms with Gasteiger partial charge in [0.1, 0.15) is 6.61 Å². The highest BCUT2D eigenvalue weighted by molar-refractivity contribution is 4.82. The zero-order valence-corrected chi connectivity index (χ0v) is 9.68. The van der Waals surface area contributed by atoms with Crippen molar-refractivity contribution in [1.82, 2.24) is 0 Å². The van der Waals surface area contributed by atoms with Gasteiger partial charge in [0.2, 0.25) is 0 Å². The number of terminal acetylenes is 1. The predicted octanol–water partition coefficient (Wildman–Crippen LogP) is 0.0243. The number of aliphatic hydroxyl groups is 1. The molecule has 0 aromatic rings. The summed E-state index contributed by atoms with van der Waals surface area (Å²) in [4.78, 5) is 0. The standard InChI is InChI=1S/C11H20O5/c1-3-5-13-6-7-14-8-9-15-10-11(12)16-4-2/h1,11-12H,4-10H2,2H3. The van der Waals surface area contributed by atoms with Crippen molar-refractivity contribution >= 4 is 0 Å². The van der Waals surface area contributed by atoms with Crippen LogP contribution in [0.25, 0.3) is 0 Å². The molecule has 5 nitrogen and oxygen atoms in total. The molecular weight excluding hydrogens is 212 g/mol. The molecule has 1 unspecified atom stereocenters. The fourth-order valence-electron chi connectivity index (χ4n) is 0.894. The molecule has 0 fully saturated rings. The van der Waals surface area contributed by atoms with Crippen LogP contribution < -0.4 is 0 Å². The molecule has 0 aromatic carbocycles. The van der Waals surface area contributed by atoms with Gasteiger partial charge in [-0.1, -0.05) is 5.92 Å². The molecule has 1 atom stereocenters. The summed E-state index contributed by atoms with van der Waals surface area (Å²) in [5.41, 5.74) is 0. The van der Waals surface area contributed by atoms with Crippen molar-refractivity contribution in [1.29, 1.82) is 0 Å². The van der Waals surface area contributed by atoms with E-state index in [2.05, 4.69) is 5.92 Å². The van der Waals surface area contributed by atoms with E-state index in [-0.39, 0.29) is 6.61 Å². The van der Waals surface area contributed by atoms with Crippen molar-refractivity contribution in [3.05, 3.63) is 0 Å².